The molecule has 1 N–H and O–H groups in total. The molecule has 0 spiro atoms. The molecule has 1 atom stereocenters. The van der Waals surface area contributed by atoms with Crippen molar-refractivity contribution in [1.82, 2.24) is 5.32 Å². The summed E-state index contributed by atoms with van der Waals surface area (Å²) < 4.78 is 0.619. The molecule has 0 aliphatic heterocycles. The van der Waals surface area contributed by atoms with Crippen LogP contribution in [0.1, 0.15) is 6.92 Å². The van der Waals surface area contributed by atoms with Crippen LogP contribution >= 0.6 is 34.2 Å². The number of carbonyl (C=O) groups is 1. The van der Waals surface area contributed by atoms with Gasteiger partial charge in [0.05, 0.1) is 4.55 Å². The zero-order chi connectivity index (χ0) is 6.57. The van der Waals surface area contributed by atoms with Crippen LogP contribution in [0.4, 0.5) is 0 Å². The topological polar surface area (TPSA) is 29.1 Å². The molecule has 0 aromatic heterocycles. The number of halogens is 2. The lowest BCUT2D eigenvalue weighted by atomic mass is 10.4. The number of carbonyl (C=O) groups excluding carboxylic acids is 1. The Morgan fingerprint density at radius 2 is 2.50 bits per heavy atom. The molecule has 2 nitrogen and oxygen atoms in total. The van der Waals surface area contributed by atoms with Crippen molar-refractivity contribution in [3.05, 3.63) is 0 Å². The van der Waals surface area contributed by atoms with Crippen molar-refractivity contribution in [3.8, 4) is 0 Å². The number of amides is 1. The third kappa shape index (κ3) is 3.49. The van der Waals surface area contributed by atoms with E-state index in [2.05, 4.69) is 5.32 Å². The second-order valence-electron chi connectivity index (χ2n) is 1.29. The van der Waals surface area contributed by atoms with Gasteiger partial charge in [-0.05, 0) is 6.92 Å². The highest BCUT2D eigenvalue weighted by molar-refractivity contribution is 14.1. The lowest BCUT2D eigenvalue weighted by Crippen LogP contribution is -2.27. The molecule has 0 rings (SSSR count). The smallest absolute Gasteiger partial charge is 0.238 e. The highest BCUT2D eigenvalue weighted by atomic mass is 127. The van der Waals surface area contributed by atoms with Gasteiger partial charge in [-0.3, -0.25) is 4.79 Å². The van der Waals surface area contributed by atoms with Crippen molar-refractivity contribution in [1.29, 1.82) is 0 Å². The zero-order valence-corrected chi connectivity index (χ0v) is 7.36. The van der Waals surface area contributed by atoms with Crippen LogP contribution < -0.4 is 5.32 Å². The van der Waals surface area contributed by atoms with Gasteiger partial charge in [0.25, 0.3) is 0 Å². The second kappa shape index (κ2) is 4.38. The van der Waals surface area contributed by atoms with Crippen LogP contribution in [0.5, 0.6) is 0 Å². The summed E-state index contributed by atoms with van der Waals surface area (Å²) in [5, 5.41) is 2.15. The summed E-state index contributed by atoms with van der Waals surface area (Å²) in [6, 6.07) is 0. The monoisotopic (exact) mass is 247 g/mol. The van der Waals surface area contributed by atoms with Crippen LogP contribution in [-0.2, 0) is 4.79 Å². The van der Waals surface area contributed by atoms with Crippen LogP contribution in [-0.4, -0.2) is 15.8 Å². The van der Waals surface area contributed by atoms with E-state index in [0.717, 1.165) is 0 Å². The fraction of sp³-hybridized carbons (Fsp3) is 0.750. The predicted octanol–water partition coefficient (Wildman–Crippen LogP) is 1.12. The summed E-state index contributed by atoms with van der Waals surface area (Å²) in [4.78, 5) is 10.5. The van der Waals surface area contributed by atoms with E-state index < -0.39 is 5.38 Å². The van der Waals surface area contributed by atoms with E-state index in [1.165, 1.54) is 0 Å². The molecule has 0 aromatic carbocycles. The Labute approximate surface area is 67.1 Å². The molecule has 1 amide bonds. The van der Waals surface area contributed by atoms with Crippen LogP contribution in [0, 0.1) is 0 Å². The largest absolute Gasteiger partial charge is 0.346 e. The summed E-state index contributed by atoms with van der Waals surface area (Å²) in [7, 11) is 0. The molecule has 0 saturated heterocycles. The Bertz CT molecular complexity index is 86.1. The maximum absolute atomic E-state index is 10.5. The van der Waals surface area contributed by atoms with Gasteiger partial charge in [-0.15, -0.1) is 11.6 Å². The average molecular weight is 247 g/mol. The quantitative estimate of drug-likeness (QED) is 0.442. The van der Waals surface area contributed by atoms with Crippen LogP contribution in [0.3, 0.4) is 0 Å². The highest BCUT2D eigenvalue weighted by Crippen LogP contribution is 1.91. The minimum Gasteiger partial charge on any atom is -0.346 e. The molecule has 0 heterocycles. The van der Waals surface area contributed by atoms with E-state index in [1.807, 2.05) is 22.6 Å². The zero-order valence-electron chi connectivity index (χ0n) is 4.45. The molecule has 0 saturated carbocycles. The molecule has 0 radical (unpaired) electrons. The van der Waals surface area contributed by atoms with Gasteiger partial charge in [-0.25, -0.2) is 0 Å². The molecule has 0 aliphatic rings. The molecular weight excluding hydrogens is 240 g/mol. The highest BCUT2D eigenvalue weighted by Gasteiger charge is 2.05. The minimum atomic E-state index is -0.412. The Balaban J connectivity index is 3.33. The van der Waals surface area contributed by atoms with E-state index in [-0.39, 0.29) is 5.91 Å². The number of hydrogen-bond donors (Lipinski definition) is 1. The summed E-state index contributed by atoms with van der Waals surface area (Å²) in [5.41, 5.74) is 0. The number of nitrogens with one attached hydrogen (secondary N) is 1. The maximum Gasteiger partial charge on any atom is 0.238 e. The Morgan fingerprint density at radius 1 is 2.00 bits per heavy atom. The number of hydrogen-bond acceptors (Lipinski definition) is 1. The molecule has 0 aromatic rings. The molecule has 0 aliphatic carbocycles. The van der Waals surface area contributed by atoms with E-state index in [1.54, 1.807) is 6.92 Å². The minimum absolute atomic E-state index is 0.110. The molecule has 4 heteroatoms. The van der Waals surface area contributed by atoms with Crippen molar-refractivity contribution in [2.24, 2.45) is 0 Å². The maximum atomic E-state index is 10.5. The van der Waals surface area contributed by atoms with E-state index in [0.29, 0.717) is 4.55 Å². The fourth-order valence-corrected chi connectivity index (χ4v) is 0.660. The van der Waals surface area contributed by atoms with Gasteiger partial charge in [0.2, 0.25) is 5.91 Å². The molecular formula is C4H7ClINO. The van der Waals surface area contributed by atoms with Crippen molar-refractivity contribution in [2.75, 3.05) is 4.55 Å². The lowest BCUT2D eigenvalue weighted by Gasteiger charge is -1.99. The van der Waals surface area contributed by atoms with Crippen LogP contribution in [0.25, 0.3) is 0 Å². The van der Waals surface area contributed by atoms with Crippen LogP contribution in [0.2, 0.25) is 0 Å². The van der Waals surface area contributed by atoms with Crippen LogP contribution in [0.15, 0.2) is 0 Å². The number of alkyl halides is 2. The van der Waals surface area contributed by atoms with E-state index in [9.17, 15) is 4.79 Å². The van der Waals surface area contributed by atoms with Crippen molar-refractivity contribution in [3.63, 3.8) is 0 Å². The molecule has 0 unspecified atom stereocenters. The third-order valence-corrected chi connectivity index (χ3v) is 1.18. The average Bonchev–Trinajstić information content (AvgIpc) is 1.67. The van der Waals surface area contributed by atoms with Gasteiger partial charge < -0.3 is 5.32 Å². The fourth-order valence-electron chi connectivity index (χ4n) is 0.206. The van der Waals surface area contributed by atoms with Crippen molar-refractivity contribution < 1.29 is 4.79 Å². The van der Waals surface area contributed by atoms with Gasteiger partial charge in [0, 0.05) is 0 Å². The first-order valence-electron chi connectivity index (χ1n) is 2.16. The first-order valence-corrected chi connectivity index (χ1v) is 4.12. The van der Waals surface area contributed by atoms with Crippen molar-refractivity contribution >= 4 is 40.1 Å². The summed E-state index contributed by atoms with van der Waals surface area (Å²) in [6.07, 6.45) is 0. The van der Waals surface area contributed by atoms with E-state index in [4.69, 9.17) is 11.6 Å². The standard InChI is InChI=1S/C4H7ClINO/c1-3(5)4(8)7-2-6/h3H,2H2,1H3,(H,7,8)/t3-/m1/s1. The van der Waals surface area contributed by atoms with Gasteiger partial charge in [0.15, 0.2) is 0 Å². The third-order valence-electron chi connectivity index (χ3n) is 0.602. The molecule has 8 heavy (non-hydrogen) atoms. The van der Waals surface area contributed by atoms with Gasteiger partial charge in [-0.2, -0.15) is 0 Å². The lowest BCUT2D eigenvalue weighted by molar-refractivity contribution is -0.120. The van der Waals surface area contributed by atoms with Gasteiger partial charge in [-0.1, -0.05) is 22.6 Å². The first-order chi connectivity index (χ1) is 3.68. The molecule has 0 fully saturated rings. The Morgan fingerprint density at radius 3 is 2.62 bits per heavy atom. The van der Waals surface area contributed by atoms with Gasteiger partial charge in [0.1, 0.15) is 5.38 Å². The van der Waals surface area contributed by atoms with Gasteiger partial charge >= 0.3 is 0 Å². The Hall–Kier alpha value is 0.490. The summed E-state index contributed by atoms with van der Waals surface area (Å²) in [5.74, 6) is -0.110. The second-order valence-corrected chi connectivity index (χ2v) is 2.71. The molecule has 48 valence electrons. The summed E-state index contributed by atoms with van der Waals surface area (Å²) >= 11 is 7.44. The van der Waals surface area contributed by atoms with E-state index >= 15 is 0 Å². The SMILES string of the molecule is C[C@@H](Cl)C(=O)NCI. The Kier molecular flexibility index (Phi) is 4.64. The number of rotatable bonds is 2. The molecule has 0 bridgehead atoms. The first kappa shape index (κ1) is 8.49. The predicted molar refractivity (Wildman–Crippen MR) is 42.3 cm³/mol. The summed E-state index contributed by atoms with van der Waals surface area (Å²) in [6.45, 7) is 1.64. The van der Waals surface area contributed by atoms with Crippen molar-refractivity contribution in [2.45, 2.75) is 12.3 Å². The normalized spacial score (nSPS) is 12.9.